The van der Waals surface area contributed by atoms with Gasteiger partial charge in [-0.1, -0.05) is 13.8 Å². The number of non-ortho nitro benzene ring substituents is 1. The summed E-state index contributed by atoms with van der Waals surface area (Å²) in [5.41, 5.74) is 1.30. The zero-order chi connectivity index (χ0) is 18.0. The fourth-order valence-corrected chi connectivity index (χ4v) is 2.78. The Morgan fingerprint density at radius 2 is 1.88 bits per heavy atom. The number of anilines is 1. The Labute approximate surface area is 143 Å². The molecule has 0 aliphatic carbocycles. The van der Waals surface area contributed by atoms with Gasteiger partial charge in [-0.2, -0.15) is 0 Å². The summed E-state index contributed by atoms with van der Waals surface area (Å²) in [6.45, 7) is 11.4. The molecule has 2 N–H and O–H groups in total. The van der Waals surface area contributed by atoms with Crippen molar-refractivity contribution in [1.29, 1.82) is 0 Å². The Morgan fingerprint density at radius 1 is 1.25 bits per heavy atom. The Morgan fingerprint density at radius 3 is 2.33 bits per heavy atom. The third kappa shape index (κ3) is 3.44. The van der Waals surface area contributed by atoms with Crippen molar-refractivity contribution in [2.45, 2.75) is 33.2 Å². The second-order valence-corrected chi connectivity index (χ2v) is 7.23. The SMILES string of the molecule is CN=C(NCCNc1ccc([N+](=O)[O-])cc1)N1CC(C)(C)C1(C)C. The normalized spacial score (nSPS) is 18.7. The van der Waals surface area contributed by atoms with Crippen molar-refractivity contribution in [3.05, 3.63) is 34.4 Å². The number of guanidine groups is 1. The summed E-state index contributed by atoms with van der Waals surface area (Å²) in [6, 6.07) is 6.43. The minimum absolute atomic E-state index is 0.0701. The van der Waals surface area contributed by atoms with Crippen LogP contribution in [0.3, 0.4) is 0 Å². The molecular weight excluding hydrogens is 306 g/mol. The van der Waals surface area contributed by atoms with Crippen molar-refractivity contribution >= 4 is 17.3 Å². The smallest absolute Gasteiger partial charge is 0.269 e. The average Bonchev–Trinajstić information content (AvgIpc) is 2.54. The van der Waals surface area contributed by atoms with Gasteiger partial charge in [0.1, 0.15) is 0 Å². The number of hydrogen-bond acceptors (Lipinski definition) is 4. The lowest BCUT2D eigenvalue weighted by Crippen LogP contribution is -2.72. The summed E-state index contributed by atoms with van der Waals surface area (Å²) in [5.74, 6) is 0.907. The number of benzene rings is 1. The van der Waals surface area contributed by atoms with E-state index >= 15 is 0 Å². The lowest BCUT2D eigenvalue weighted by Gasteiger charge is -2.62. The van der Waals surface area contributed by atoms with E-state index in [0.29, 0.717) is 6.54 Å². The summed E-state index contributed by atoms with van der Waals surface area (Å²) < 4.78 is 0. The van der Waals surface area contributed by atoms with E-state index in [1.54, 1.807) is 19.2 Å². The third-order valence-electron chi connectivity index (χ3n) is 5.17. The first kappa shape index (κ1) is 18.0. The Balaban J connectivity index is 1.80. The molecule has 0 saturated carbocycles. The minimum Gasteiger partial charge on any atom is -0.383 e. The molecule has 7 heteroatoms. The van der Waals surface area contributed by atoms with E-state index in [9.17, 15) is 10.1 Å². The van der Waals surface area contributed by atoms with Crippen LogP contribution in [0, 0.1) is 15.5 Å². The number of likely N-dealkylation sites (tertiary alicyclic amines) is 1. The molecule has 132 valence electrons. The second kappa shape index (κ2) is 6.67. The zero-order valence-electron chi connectivity index (χ0n) is 15.1. The quantitative estimate of drug-likeness (QED) is 0.285. The summed E-state index contributed by atoms with van der Waals surface area (Å²) in [5, 5.41) is 17.2. The monoisotopic (exact) mass is 333 g/mol. The van der Waals surface area contributed by atoms with Crippen LogP contribution in [0.2, 0.25) is 0 Å². The Hall–Kier alpha value is -2.31. The summed E-state index contributed by atoms with van der Waals surface area (Å²) >= 11 is 0. The largest absolute Gasteiger partial charge is 0.383 e. The molecular formula is C17H27N5O2. The molecule has 24 heavy (non-hydrogen) atoms. The number of nitrogens with zero attached hydrogens (tertiary/aromatic N) is 3. The maximum Gasteiger partial charge on any atom is 0.269 e. The molecule has 0 atom stereocenters. The van der Waals surface area contributed by atoms with Gasteiger partial charge >= 0.3 is 0 Å². The summed E-state index contributed by atoms with van der Waals surface area (Å²) in [7, 11) is 1.80. The first-order chi connectivity index (χ1) is 11.2. The fraction of sp³-hybridized carbons (Fsp3) is 0.588. The van der Waals surface area contributed by atoms with Crippen LogP contribution in [-0.2, 0) is 0 Å². The molecule has 0 amide bonds. The van der Waals surface area contributed by atoms with Gasteiger partial charge in [-0.25, -0.2) is 0 Å². The number of aliphatic imine (C=N–C) groups is 1. The summed E-state index contributed by atoms with van der Waals surface area (Å²) in [4.78, 5) is 16.9. The predicted molar refractivity (Wildman–Crippen MR) is 97.5 cm³/mol. The molecule has 0 bridgehead atoms. The van der Waals surface area contributed by atoms with Crippen LogP contribution in [0.15, 0.2) is 29.3 Å². The zero-order valence-corrected chi connectivity index (χ0v) is 15.1. The van der Waals surface area contributed by atoms with Crippen LogP contribution in [-0.4, -0.2) is 48.0 Å². The highest BCUT2D eigenvalue weighted by molar-refractivity contribution is 5.82. The molecule has 2 rings (SSSR count). The second-order valence-electron chi connectivity index (χ2n) is 7.23. The highest BCUT2D eigenvalue weighted by Crippen LogP contribution is 2.46. The molecule has 1 fully saturated rings. The molecule has 1 aromatic rings. The minimum atomic E-state index is -0.397. The molecule has 7 nitrogen and oxygen atoms in total. The maximum atomic E-state index is 10.6. The van der Waals surface area contributed by atoms with Crippen LogP contribution in [0.25, 0.3) is 0 Å². The van der Waals surface area contributed by atoms with E-state index in [1.807, 2.05) is 0 Å². The highest BCUT2D eigenvalue weighted by Gasteiger charge is 2.53. The van der Waals surface area contributed by atoms with Crippen molar-refractivity contribution in [2.75, 3.05) is 32.0 Å². The van der Waals surface area contributed by atoms with Crippen molar-refractivity contribution in [2.24, 2.45) is 10.4 Å². The number of nitro groups is 1. The molecule has 1 aliphatic rings. The van der Waals surface area contributed by atoms with E-state index in [2.05, 4.69) is 48.2 Å². The van der Waals surface area contributed by atoms with E-state index < -0.39 is 4.92 Å². The maximum absolute atomic E-state index is 10.6. The van der Waals surface area contributed by atoms with Gasteiger partial charge in [0.15, 0.2) is 5.96 Å². The van der Waals surface area contributed by atoms with Gasteiger partial charge in [-0.05, 0) is 26.0 Å². The number of hydrogen-bond donors (Lipinski definition) is 2. The van der Waals surface area contributed by atoms with Gasteiger partial charge in [0, 0.05) is 55.5 Å². The van der Waals surface area contributed by atoms with E-state index in [4.69, 9.17) is 0 Å². The van der Waals surface area contributed by atoms with Crippen LogP contribution < -0.4 is 10.6 Å². The van der Waals surface area contributed by atoms with Gasteiger partial charge in [0.25, 0.3) is 5.69 Å². The Bertz CT molecular complexity index is 622. The molecule has 0 unspecified atom stereocenters. The van der Waals surface area contributed by atoms with Crippen LogP contribution >= 0.6 is 0 Å². The van der Waals surface area contributed by atoms with E-state index in [-0.39, 0.29) is 16.6 Å². The third-order valence-corrected chi connectivity index (χ3v) is 5.17. The van der Waals surface area contributed by atoms with Gasteiger partial charge in [-0.3, -0.25) is 15.1 Å². The molecule has 1 saturated heterocycles. The van der Waals surface area contributed by atoms with Crippen molar-refractivity contribution in [3.8, 4) is 0 Å². The lowest BCUT2D eigenvalue weighted by atomic mass is 9.65. The van der Waals surface area contributed by atoms with Gasteiger partial charge in [-0.15, -0.1) is 0 Å². The molecule has 0 aromatic heterocycles. The lowest BCUT2D eigenvalue weighted by molar-refractivity contribution is -0.384. The highest BCUT2D eigenvalue weighted by atomic mass is 16.6. The van der Waals surface area contributed by atoms with Crippen LogP contribution in [0.4, 0.5) is 11.4 Å². The van der Waals surface area contributed by atoms with Crippen molar-refractivity contribution < 1.29 is 4.92 Å². The molecule has 1 aromatic carbocycles. The van der Waals surface area contributed by atoms with Gasteiger partial charge < -0.3 is 15.5 Å². The van der Waals surface area contributed by atoms with Gasteiger partial charge in [0.2, 0.25) is 0 Å². The van der Waals surface area contributed by atoms with Crippen molar-refractivity contribution in [3.63, 3.8) is 0 Å². The van der Waals surface area contributed by atoms with Crippen molar-refractivity contribution in [1.82, 2.24) is 10.2 Å². The van der Waals surface area contributed by atoms with Gasteiger partial charge in [0.05, 0.1) is 4.92 Å². The topological polar surface area (TPSA) is 82.8 Å². The van der Waals surface area contributed by atoms with Crippen LogP contribution in [0.1, 0.15) is 27.7 Å². The van der Waals surface area contributed by atoms with E-state index in [1.165, 1.54) is 12.1 Å². The number of nitro benzene ring substituents is 1. The number of rotatable bonds is 5. The Kier molecular flexibility index (Phi) is 5.01. The molecule has 1 heterocycles. The molecule has 0 radical (unpaired) electrons. The fourth-order valence-electron chi connectivity index (χ4n) is 2.78. The molecule has 0 spiro atoms. The number of nitrogens with one attached hydrogen (secondary N) is 2. The molecule has 1 aliphatic heterocycles. The van der Waals surface area contributed by atoms with Crippen LogP contribution in [0.5, 0.6) is 0 Å². The summed E-state index contributed by atoms with van der Waals surface area (Å²) in [6.07, 6.45) is 0. The standard InChI is InChI=1S/C17H27N5O2/c1-16(2)12-21(17(16,3)4)15(18-5)20-11-10-19-13-6-8-14(9-7-13)22(23)24/h6-9,19H,10-12H2,1-5H3,(H,18,20). The first-order valence-corrected chi connectivity index (χ1v) is 8.16. The predicted octanol–water partition coefficient (Wildman–Crippen LogP) is 2.70. The first-order valence-electron chi connectivity index (χ1n) is 8.16. The van der Waals surface area contributed by atoms with E-state index in [0.717, 1.165) is 24.7 Å². The average molecular weight is 333 g/mol.